The van der Waals surface area contributed by atoms with Gasteiger partial charge in [0.2, 0.25) is 5.91 Å². The molecule has 1 N–H and O–H groups in total. The zero-order valence-electron chi connectivity index (χ0n) is 15.9. The highest BCUT2D eigenvalue weighted by Gasteiger charge is 2.17. The van der Waals surface area contributed by atoms with Crippen LogP contribution in [-0.4, -0.2) is 26.4 Å². The molecule has 5 nitrogen and oxygen atoms in total. The Morgan fingerprint density at radius 1 is 1.00 bits per heavy atom. The van der Waals surface area contributed by atoms with Gasteiger partial charge < -0.3 is 5.32 Å². The van der Waals surface area contributed by atoms with E-state index in [0.29, 0.717) is 21.7 Å². The summed E-state index contributed by atoms with van der Waals surface area (Å²) < 4.78 is 15.2. The minimum atomic E-state index is -0.543. The molecule has 156 valence electrons. The second-order valence-corrected chi connectivity index (χ2v) is 8.24. The van der Waals surface area contributed by atoms with Gasteiger partial charge in [-0.15, -0.1) is 10.2 Å². The van der Waals surface area contributed by atoms with E-state index < -0.39 is 5.82 Å². The van der Waals surface area contributed by atoms with Gasteiger partial charge >= 0.3 is 0 Å². The van der Waals surface area contributed by atoms with Crippen molar-refractivity contribution < 1.29 is 9.18 Å². The lowest BCUT2D eigenvalue weighted by molar-refractivity contribution is -0.113. The van der Waals surface area contributed by atoms with Crippen LogP contribution in [0, 0.1) is 5.82 Å². The summed E-state index contributed by atoms with van der Waals surface area (Å²) in [6.45, 7) is 0. The average molecular weight is 473 g/mol. The van der Waals surface area contributed by atoms with Gasteiger partial charge in [-0.1, -0.05) is 65.3 Å². The van der Waals surface area contributed by atoms with Crippen molar-refractivity contribution in [2.75, 3.05) is 11.1 Å². The number of nitrogens with one attached hydrogen (secondary N) is 1. The molecule has 1 amide bonds. The molecule has 1 aromatic heterocycles. The Morgan fingerprint density at radius 2 is 1.81 bits per heavy atom. The molecule has 0 atom stereocenters. The Balaban J connectivity index is 1.58. The molecule has 0 aliphatic carbocycles. The first-order chi connectivity index (χ1) is 15.0. The number of nitrogens with zero attached hydrogens (tertiary/aromatic N) is 3. The summed E-state index contributed by atoms with van der Waals surface area (Å²) in [4.78, 5) is 12.4. The van der Waals surface area contributed by atoms with Crippen LogP contribution >= 0.6 is 35.0 Å². The highest BCUT2D eigenvalue weighted by molar-refractivity contribution is 7.99. The normalized spacial score (nSPS) is 10.8. The number of amides is 1. The summed E-state index contributed by atoms with van der Waals surface area (Å²) in [5, 5.41) is 12.4. The van der Waals surface area contributed by atoms with Crippen molar-refractivity contribution in [1.82, 2.24) is 14.8 Å². The zero-order chi connectivity index (χ0) is 21.8. The summed E-state index contributed by atoms with van der Waals surface area (Å²) in [5.74, 6) is -0.129. The number of hydrogen-bond donors (Lipinski definition) is 1. The predicted octanol–water partition coefficient (Wildman–Crippen LogP) is 6.11. The summed E-state index contributed by atoms with van der Waals surface area (Å²) in [5.41, 5.74) is 2.08. The predicted molar refractivity (Wildman–Crippen MR) is 123 cm³/mol. The number of rotatable bonds is 6. The third-order valence-electron chi connectivity index (χ3n) is 4.27. The smallest absolute Gasteiger partial charge is 0.234 e. The van der Waals surface area contributed by atoms with Crippen LogP contribution in [0.1, 0.15) is 0 Å². The van der Waals surface area contributed by atoms with Crippen LogP contribution in [0.2, 0.25) is 10.0 Å². The van der Waals surface area contributed by atoms with Gasteiger partial charge in [-0.2, -0.15) is 0 Å². The number of hydrogen-bond acceptors (Lipinski definition) is 4. The summed E-state index contributed by atoms with van der Waals surface area (Å²) >= 11 is 13.2. The number of benzene rings is 3. The summed E-state index contributed by atoms with van der Waals surface area (Å²) in [6.07, 6.45) is 0. The highest BCUT2D eigenvalue weighted by Crippen LogP contribution is 2.29. The molecule has 0 aliphatic rings. The maximum Gasteiger partial charge on any atom is 0.234 e. The van der Waals surface area contributed by atoms with Gasteiger partial charge in [0.25, 0.3) is 0 Å². The number of halogens is 3. The van der Waals surface area contributed by atoms with Gasteiger partial charge in [-0.3, -0.25) is 9.36 Å². The SMILES string of the molecule is O=C(CSc1nnc(-c2cccc(Cl)c2)n1-c1ccccc1)Nc1ccc(F)c(Cl)c1. The van der Waals surface area contributed by atoms with Crippen LogP contribution in [0.25, 0.3) is 17.1 Å². The second-order valence-electron chi connectivity index (χ2n) is 6.45. The van der Waals surface area contributed by atoms with Crippen molar-refractivity contribution in [2.45, 2.75) is 5.16 Å². The van der Waals surface area contributed by atoms with Crippen LogP contribution in [0.3, 0.4) is 0 Å². The molecule has 0 bridgehead atoms. The molecule has 31 heavy (non-hydrogen) atoms. The number of aromatic nitrogens is 3. The molecule has 0 fully saturated rings. The topological polar surface area (TPSA) is 59.8 Å². The van der Waals surface area contributed by atoms with Gasteiger partial charge in [0.1, 0.15) is 5.82 Å². The Hall–Kier alpha value is -2.87. The van der Waals surface area contributed by atoms with Gasteiger partial charge in [0.05, 0.1) is 10.8 Å². The van der Waals surface area contributed by atoms with Crippen molar-refractivity contribution in [3.05, 3.63) is 88.7 Å². The maximum absolute atomic E-state index is 13.3. The van der Waals surface area contributed by atoms with E-state index in [-0.39, 0.29) is 16.7 Å². The van der Waals surface area contributed by atoms with Crippen LogP contribution in [-0.2, 0) is 4.79 Å². The number of thioether (sulfide) groups is 1. The molecule has 0 aliphatic heterocycles. The van der Waals surface area contributed by atoms with Crippen LogP contribution in [0.4, 0.5) is 10.1 Å². The summed E-state index contributed by atoms with van der Waals surface area (Å²) in [7, 11) is 0. The average Bonchev–Trinajstić information content (AvgIpc) is 3.19. The Bertz CT molecular complexity index is 1230. The number of carbonyl (C=O) groups excluding carboxylic acids is 1. The van der Waals surface area contributed by atoms with E-state index in [1.807, 2.05) is 53.1 Å². The third-order valence-corrected chi connectivity index (χ3v) is 5.72. The first-order valence-electron chi connectivity index (χ1n) is 9.16. The van der Waals surface area contributed by atoms with E-state index in [0.717, 1.165) is 11.3 Å². The van der Waals surface area contributed by atoms with E-state index in [2.05, 4.69) is 15.5 Å². The summed E-state index contributed by atoms with van der Waals surface area (Å²) in [6, 6.07) is 21.0. The molecule has 0 unspecified atom stereocenters. The van der Waals surface area contributed by atoms with Gasteiger partial charge in [-0.25, -0.2) is 4.39 Å². The lowest BCUT2D eigenvalue weighted by Gasteiger charge is -2.11. The molecule has 0 saturated carbocycles. The fraction of sp³-hybridized carbons (Fsp3) is 0.0455. The number of para-hydroxylation sites is 1. The number of carbonyl (C=O) groups is 1. The molecule has 0 spiro atoms. The molecule has 9 heteroatoms. The standard InChI is InChI=1S/C22H15Cl2FN4OS/c23-15-6-4-5-14(11-15)21-27-28-22(29(21)17-7-2-1-3-8-17)31-13-20(30)26-16-9-10-19(25)18(24)12-16/h1-12H,13H2,(H,26,30). The van der Waals surface area contributed by atoms with Gasteiger partial charge in [0, 0.05) is 22.0 Å². The van der Waals surface area contributed by atoms with Crippen molar-refractivity contribution in [3.8, 4) is 17.1 Å². The highest BCUT2D eigenvalue weighted by atomic mass is 35.5. The minimum Gasteiger partial charge on any atom is -0.325 e. The lowest BCUT2D eigenvalue weighted by Crippen LogP contribution is -2.14. The Kier molecular flexibility index (Phi) is 6.56. The Labute approximate surface area is 192 Å². The monoisotopic (exact) mass is 472 g/mol. The lowest BCUT2D eigenvalue weighted by atomic mass is 10.2. The van der Waals surface area contributed by atoms with E-state index in [1.54, 1.807) is 6.07 Å². The van der Waals surface area contributed by atoms with E-state index >= 15 is 0 Å². The fourth-order valence-corrected chi connectivity index (χ4v) is 4.01. The van der Waals surface area contributed by atoms with Crippen molar-refractivity contribution >= 4 is 46.6 Å². The molecule has 0 saturated heterocycles. The first-order valence-corrected chi connectivity index (χ1v) is 10.9. The van der Waals surface area contributed by atoms with Crippen molar-refractivity contribution in [2.24, 2.45) is 0 Å². The maximum atomic E-state index is 13.3. The Morgan fingerprint density at radius 3 is 2.55 bits per heavy atom. The first kappa shape index (κ1) is 21.4. The minimum absolute atomic E-state index is 0.0552. The number of anilines is 1. The molecule has 0 radical (unpaired) electrons. The van der Waals surface area contributed by atoms with Gasteiger partial charge in [-0.05, 0) is 42.5 Å². The molecule has 4 rings (SSSR count). The van der Waals surface area contributed by atoms with Crippen molar-refractivity contribution in [1.29, 1.82) is 0 Å². The third kappa shape index (κ3) is 5.07. The molecular formula is C22H15Cl2FN4OS. The van der Waals surface area contributed by atoms with Crippen LogP contribution in [0.15, 0.2) is 78.0 Å². The quantitative estimate of drug-likeness (QED) is 0.343. The van der Waals surface area contributed by atoms with Crippen LogP contribution < -0.4 is 5.32 Å². The molecule has 4 aromatic rings. The van der Waals surface area contributed by atoms with Crippen LogP contribution in [0.5, 0.6) is 0 Å². The zero-order valence-corrected chi connectivity index (χ0v) is 18.3. The molecule has 3 aromatic carbocycles. The fourth-order valence-electron chi connectivity index (χ4n) is 2.89. The van der Waals surface area contributed by atoms with E-state index in [4.69, 9.17) is 23.2 Å². The molecule has 1 heterocycles. The van der Waals surface area contributed by atoms with E-state index in [9.17, 15) is 9.18 Å². The van der Waals surface area contributed by atoms with Gasteiger partial charge in [0.15, 0.2) is 11.0 Å². The van der Waals surface area contributed by atoms with E-state index in [1.165, 1.54) is 30.0 Å². The largest absolute Gasteiger partial charge is 0.325 e. The molecular weight excluding hydrogens is 458 g/mol. The second kappa shape index (κ2) is 9.51. The van der Waals surface area contributed by atoms with Crippen molar-refractivity contribution in [3.63, 3.8) is 0 Å².